The van der Waals surface area contributed by atoms with Gasteiger partial charge in [-0.1, -0.05) is 30.3 Å². The van der Waals surface area contributed by atoms with Crippen molar-refractivity contribution in [2.45, 2.75) is 32.2 Å². The number of benzene rings is 1. The highest BCUT2D eigenvalue weighted by Crippen LogP contribution is 2.33. The van der Waals surface area contributed by atoms with E-state index in [1.807, 2.05) is 29.8 Å². The zero-order valence-corrected chi connectivity index (χ0v) is 18.0. The van der Waals surface area contributed by atoms with Crippen LogP contribution < -0.4 is 4.74 Å². The van der Waals surface area contributed by atoms with Crippen LogP contribution in [0.3, 0.4) is 0 Å². The SMILES string of the molecule is COc1cc(-c2c(C)nn3c(C4CCCN(Cc5ccccc5)C4)ccnc23)ccn1. The van der Waals surface area contributed by atoms with E-state index in [4.69, 9.17) is 14.8 Å². The van der Waals surface area contributed by atoms with Crippen LogP contribution in [-0.4, -0.2) is 44.7 Å². The van der Waals surface area contributed by atoms with E-state index in [2.05, 4.69) is 46.3 Å². The van der Waals surface area contributed by atoms with Gasteiger partial charge in [-0.25, -0.2) is 14.5 Å². The first-order chi connectivity index (χ1) is 15.2. The average molecular weight is 414 g/mol. The molecule has 1 aromatic carbocycles. The Hall–Kier alpha value is -3.25. The zero-order chi connectivity index (χ0) is 21.2. The van der Waals surface area contributed by atoms with Crippen LogP contribution in [0.4, 0.5) is 0 Å². The summed E-state index contributed by atoms with van der Waals surface area (Å²) in [6, 6.07) is 16.8. The van der Waals surface area contributed by atoms with Gasteiger partial charge in [-0.3, -0.25) is 4.90 Å². The van der Waals surface area contributed by atoms with Crippen LogP contribution in [0.25, 0.3) is 16.8 Å². The van der Waals surface area contributed by atoms with Crippen LogP contribution >= 0.6 is 0 Å². The minimum Gasteiger partial charge on any atom is -0.481 e. The third kappa shape index (κ3) is 3.91. The molecule has 1 saturated heterocycles. The van der Waals surface area contributed by atoms with E-state index in [-0.39, 0.29) is 0 Å². The number of hydrogen-bond acceptors (Lipinski definition) is 5. The molecular formula is C25H27N5O. The van der Waals surface area contributed by atoms with Crippen molar-refractivity contribution in [2.24, 2.45) is 0 Å². The van der Waals surface area contributed by atoms with E-state index in [9.17, 15) is 0 Å². The van der Waals surface area contributed by atoms with Crippen LogP contribution in [0.5, 0.6) is 5.88 Å². The first kappa shape index (κ1) is 19.7. The van der Waals surface area contributed by atoms with E-state index >= 15 is 0 Å². The summed E-state index contributed by atoms with van der Waals surface area (Å²) >= 11 is 0. The van der Waals surface area contributed by atoms with E-state index < -0.39 is 0 Å². The highest BCUT2D eigenvalue weighted by Gasteiger charge is 2.25. The summed E-state index contributed by atoms with van der Waals surface area (Å²) in [4.78, 5) is 11.5. The smallest absolute Gasteiger partial charge is 0.213 e. The molecule has 5 rings (SSSR count). The third-order valence-electron chi connectivity index (χ3n) is 6.13. The lowest BCUT2D eigenvalue weighted by Crippen LogP contribution is -2.34. The number of hydrogen-bond donors (Lipinski definition) is 0. The lowest BCUT2D eigenvalue weighted by atomic mass is 9.94. The molecule has 0 amide bonds. The molecule has 6 nitrogen and oxygen atoms in total. The van der Waals surface area contributed by atoms with E-state index in [1.54, 1.807) is 13.3 Å². The molecule has 1 unspecified atom stereocenters. The maximum absolute atomic E-state index is 5.32. The predicted molar refractivity (Wildman–Crippen MR) is 121 cm³/mol. The van der Waals surface area contributed by atoms with Crippen molar-refractivity contribution in [2.75, 3.05) is 20.2 Å². The largest absolute Gasteiger partial charge is 0.481 e. The van der Waals surface area contributed by atoms with Crippen molar-refractivity contribution < 1.29 is 4.74 Å². The number of methoxy groups -OCH3 is 1. The number of ether oxygens (including phenoxy) is 1. The van der Waals surface area contributed by atoms with Gasteiger partial charge >= 0.3 is 0 Å². The Morgan fingerprint density at radius 3 is 2.74 bits per heavy atom. The third-order valence-corrected chi connectivity index (χ3v) is 6.13. The first-order valence-corrected chi connectivity index (χ1v) is 10.8. The van der Waals surface area contributed by atoms with Crippen molar-refractivity contribution in [3.63, 3.8) is 0 Å². The Labute approximate surface area is 182 Å². The van der Waals surface area contributed by atoms with Crippen LogP contribution in [0.1, 0.15) is 35.7 Å². The maximum atomic E-state index is 5.32. The monoisotopic (exact) mass is 413 g/mol. The van der Waals surface area contributed by atoms with Crippen LogP contribution in [0, 0.1) is 6.92 Å². The van der Waals surface area contributed by atoms with Gasteiger partial charge in [0, 0.05) is 43.0 Å². The van der Waals surface area contributed by atoms with Gasteiger partial charge in [0.2, 0.25) is 5.88 Å². The molecule has 0 saturated carbocycles. The van der Waals surface area contributed by atoms with E-state index in [1.165, 1.54) is 24.1 Å². The average Bonchev–Trinajstić information content (AvgIpc) is 3.15. The lowest BCUT2D eigenvalue weighted by Gasteiger charge is -2.33. The Bertz CT molecular complexity index is 1190. The number of likely N-dealkylation sites (tertiary alicyclic amines) is 1. The number of pyridine rings is 1. The van der Waals surface area contributed by atoms with Crippen LogP contribution in [-0.2, 0) is 6.54 Å². The van der Waals surface area contributed by atoms with Crippen LogP contribution in [0.2, 0.25) is 0 Å². The Morgan fingerprint density at radius 2 is 1.90 bits per heavy atom. The van der Waals surface area contributed by atoms with Crippen molar-refractivity contribution in [3.05, 3.63) is 77.9 Å². The fraction of sp³-hybridized carbons (Fsp3) is 0.320. The Morgan fingerprint density at radius 1 is 1.06 bits per heavy atom. The molecule has 6 heteroatoms. The highest BCUT2D eigenvalue weighted by atomic mass is 16.5. The van der Waals surface area contributed by atoms with Gasteiger partial charge in [0.15, 0.2) is 5.65 Å². The summed E-state index contributed by atoms with van der Waals surface area (Å²) in [5, 5.41) is 4.90. The van der Waals surface area contributed by atoms with Crippen molar-refractivity contribution in [1.29, 1.82) is 0 Å². The molecule has 1 fully saturated rings. The summed E-state index contributed by atoms with van der Waals surface area (Å²) in [5.41, 5.74) is 6.52. The van der Waals surface area contributed by atoms with E-state index in [0.717, 1.165) is 42.1 Å². The van der Waals surface area contributed by atoms with Crippen LogP contribution in [0.15, 0.2) is 60.9 Å². The molecule has 4 aromatic rings. The van der Waals surface area contributed by atoms with Gasteiger partial charge in [-0.15, -0.1) is 0 Å². The molecule has 31 heavy (non-hydrogen) atoms. The number of nitrogens with zero attached hydrogens (tertiary/aromatic N) is 5. The number of aryl methyl sites for hydroxylation is 1. The second kappa shape index (κ2) is 8.47. The van der Waals surface area contributed by atoms with Gasteiger partial charge < -0.3 is 4.74 Å². The fourth-order valence-electron chi connectivity index (χ4n) is 4.67. The van der Waals surface area contributed by atoms with Gasteiger partial charge in [0.25, 0.3) is 0 Å². The summed E-state index contributed by atoms with van der Waals surface area (Å²) < 4.78 is 7.37. The zero-order valence-electron chi connectivity index (χ0n) is 18.0. The predicted octanol–water partition coefficient (Wildman–Crippen LogP) is 4.49. The quantitative estimate of drug-likeness (QED) is 0.483. The molecule has 3 aromatic heterocycles. The number of piperidine rings is 1. The summed E-state index contributed by atoms with van der Waals surface area (Å²) in [7, 11) is 1.63. The van der Waals surface area contributed by atoms with Crippen molar-refractivity contribution in [1.82, 2.24) is 24.5 Å². The molecule has 1 aliphatic rings. The summed E-state index contributed by atoms with van der Waals surface area (Å²) in [6.45, 7) is 5.21. The standard InChI is InChI=1S/C25H27N5O/c1-18-24(20-10-12-26-23(15-20)31-2)25-27-13-11-22(30(25)28-18)21-9-6-14-29(17-21)16-19-7-4-3-5-8-19/h3-5,7-8,10-13,15,21H,6,9,14,16-17H2,1-2H3. The lowest BCUT2D eigenvalue weighted by molar-refractivity contribution is 0.197. The second-order valence-corrected chi connectivity index (χ2v) is 8.21. The highest BCUT2D eigenvalue weighted by molar-refractivity contribution is 5.80. The first-order valence-electron chi connectivity index (χ1n) is 10.8. The topological polar surface area (TPSA) is 55.6 Å². The van der Waals surface area contributed by atoms with Gasteiger partial charge in [-0.05, 0) is 49.6 Å². The number of rotatable bonds is 5. The fourth-order valence-corrected chi connectivity index (χ4v) is 4.67. The van der Waals surface area contributed by atoms with Crippen molar-refractivity contribution in [3.8, 4) is 17.0 Å². The molecular weight excluding hydrogens is 386 g/mol. The van der Waals surface area contributed by atoms with Gasteiger partial charge in [0.1, 0.15) is 0 Å². The molecule has 0 bridgehead atoms. The van der Waals surface area contributed by atoms with Crippen molar-refractivity contribution >= 4 is 5.65 Å². The Kier molecular flexibility index (Phi) is 5.38. The Balaban J connectivity index is 1.48. The number of fused-ring (bicyclic) bond motifs is 1. The second-order valence-electron chi connectivity index (χ2n) is 8.21. The normalized spacial score (nSPS) is 17.2. The molecule has 0 spiro atoms. The summed E-state index contributed by atoms with van der Waals surface area (Å²) in [5.74, 6) is 1.03. The molecule has 0 radical (unpaired) electrons. The molecule has 1 aliphatic heterocycles. The molecule has 1 atom stereocenters. The van der Waals surface area contributed by atoms with Gasteiger partial charge in [-0.2, -0.15) is 5.10 Å². The molecule has 0 aliphatic carbocycles. The summed E-state index contributed by atoms with van der Waals surface area (Å²) in [6.07, 6.45) is 6.05. The molecule has 158 valence electrons. The minimum absolute atomic E-state index is 0.432. The number of aromatic nitrogens is 4. The van der Waals surface area contributed by atoms with Gasteiger partial charge in [0.05, 0.1) is 18.5 Å². The minimum atomic E-state index is 0.432. The maximum Gasteiger partial charge on any atom is 0.213 e. The molecule has 0 N–H and O–H groups in total. The van der Waals surface area contributed by atoms with E-state index in [0.29, 0.717) is 11.8 Å². The molecule has 4 heterocycles.